The molecule has 3 fully saturated rings. The Hall–Kier alpha value is -1.21. The minimum atomic E-state index is -2.83. The molecule has 0 amide bonds. The number of aliphatic hydroxyl groups excluding tert-OH is 12. The lowest BCUT2D eigenvalue weighted by molar-refractivity contribution is -0.356. The van der Waals surface area contributed by atoms with Gasteiger partial charge in [0.2, 0.25) is 0 Å². The van der Waals surface area contributed by atoms with Gasteiger partial charge >= 0.3 is 5.97 Å². The molecule has 0 aromatic heterocycles. The van der Waals surface area contributed by atoms with Gasteiger partial charge in [-0.2, -0.15) is 0 Å². The molecule has 3 aliphatic heterocycles. The van der Waals surface area contributed by atoms with E-state index in [1.807, 2.05) is 0 Å². The smallest absolute Gasteiger partial charge is 0.327 e. The number of aliphatic carboxylic acids is 1. The average Bonchev–Trinajstić information content (AvgIpc) is 2.99. The number of carboxylic acid groups (broad SMARTS) is 1. The molecule has 3 unspecified atom stereocenters. The Labute approximate surface area is 245 Å². The number of nitrogens with zero attached hydrogens (tertiary/aromatic N) is 1. The van der Waals surface area contributed by atoms with Crippen LogP contribution in [-0.4, -0.2) is 201 Å². The second-order valence-electron chi connectivity index (χ2n) is 11.1. The zero-order valence-corrected chi connectivity index (χ0v) is 23.1. The van der Waals surface area contributed by atoms with Gasteiger partial charge in [0.15, 0.2) is 5.54 Å². The first-order valence-electron chi connectivity index (χ1n) is 13.9. The summed E-state index contributed by atoms with van der Waals surface area (Å²) in [5.41, 5.74) is 2.79. The van der Waals surface area contributed by atoms with Gasteiger partial charge in [-0.15, -0.1) is 0 Å². The van der Waals surface area contributed by atoms with Gasteiger partial charge in [-0.3, -0.25) is 4.79 Å². The van der Waals surface area contributed by atoms with E-state index in [9.17, 15) is 71.2 Å². The third-order valence-corrected chi connectivity index (χ3v) is 8.49. The molecule has 252 valence electrons. The summed E-state index contributed by atoms with van der Waals surface area (Å²) in [5, 5.41) is 137. The predicted molar refractivity (Wildman–Crippen MR) is 136 cm³/mol. The number of carbonyl (C=O) groups is 1. The first-order chi connectivity index (χ1) is 20.2. The molecule has 16 atom stereocenters. The Bertz CT molecular complexity index is 864. The van der Waals surface area contributed by atoms with Crippen LogP contribution in [0.1, 0.15) is 19.3 Å². The molecule has 3 rings (SSSR count). The molecule has 0 aromatic rings. The Morgan fingerprint density at radius 2 is 1.00 bits per heavy atom. The summed E-state index contributed by atoms with van der Waals surface area (Å²) in [4.78, 5) is 14.1. The SMILES string of the molecule is NCCCC[C@](C(=O)O)(C1O[C@H](CO)[C@H](O)[C@H](O)[C@H]1O)N(C1O[C@H](CO)[C@H](O)[C@H](O)[C@H]1O)C1O[C@H](CO)[C@H](O)[C@H](O)[C@H]1O. The number of nitrogens with two attached hydrogens (primary N) is 1. The first-order valence-corrected chi connectivity index (χ1v) is 13.9. The summed E-state index contributed by atoms with van der Waals surface area (Å²) >= 11 is 0. The topological polar surface area (TPSA) is 337 Å². The second-order valence-corrected chi connectivity index (χ2v) is 11.1. The van der Waals surface area contributed by atoms with Crippen molar-refractivity contribution in [2.24, 2.45) is 5.73 Å². The van der Waals surface area contributed by atoms with Crippen LogP contribution in [0.2, 0.25) is 0 Å². The van der Waals surface area contributed by atoms with Gasteiger partial charge in [-0.25, -0.2) is 4.90 Å². The lowest BCUT2D eigenvalue weighted by Crippen LogP contribution is -2.80. The molecule has 0 spiro atoms. The summed E-state index contributed by atoms with van der Waals surface area (Å²) in [6.45, 7) is -2.89. The third kappa shape index (κ3) is 6.55. The van der Waals surface area contributed by atoms with Crippen molar-refractivity contribution >= 4 is 5.97 Å². The van der Waals surface area contributed by atoms with Crippen molar-refractivity contribution in [3.8, 4) is 0 Å². The maximum absolute atomic E-state index is 13.5. The number of hydrogen-bond donors (Lipinski definition) is 14. The molecular weight excluding hydrogens is 588 g/mol. The fourth-order valence-corrected chi connectivity index (χ4v) is 6.02. The lowest BCUT2D eigenvalue weighted by atomic mass is 9.76. The monoisotopic (exact) mass is 632 g/mol. The summed E-state index contributed by atoms with van der Waals surface area (Å²) in [5.74, 6) is -1.89. The highest BCUT2D eigenvalue weighted by Gasteiger charge is 2.66. The molecule has 19 heteroatoms. The normalized spacial score (nSPS) is 45.6. The van der Waals surface area contributed by atoms with E-state index in [0.29, 0.717) is 4.90 Å². The van der Waals surface area contributed by atoms with Crippen molar-refractivity contribution < 1.29 is 85.4 Å². The highest BCUT2D eigenvalue weighted by atomic mass is 16.6. The molecule has 15 N–H and O–H groups in total. The van der Waals surface area contributed by atoms with Crippen LogP contribution in [0.5, 0.6) is 0 Å². The minimum Gasteiger partial charge on any atom is -0.480 e. The highest BCUT2D eigenvalue weighted by molar-refractivity contribution is 5.80. The molecule has 0 saturated carbocycles. The van der Waals surface area contributed by atoms with Crippen LogP contribution in [0.15, 0.2) is 0 Å². The maximum Gasteiger partial charge on any atom is 0.327 e. The second kappa shape index (κ2) is 14.9. The molecule has 0 aliphatic carbocycles. The third-order valence-electron chi connectivity index (χ3n) is 8.49. The molecule has 3 aliphatic rings. The van der Waals surface area contributed by atoms with Gasteiger partial charge < -0.3 is 86.3 Å². The van der Waals surface area contributed by atoms with Crippen LogP contribution < -0.4 is 5.73 Å². The largest absolute Gasteiger partial charge is 0.480 e. The van der Waals surface area contributed by atoms with E-state index in [0.717, 1.165) is 0 Å². The van der Waals surface area contributed by atoms with E-state index in [2.05, 4.69) is 0 Å². The Kier molecular flexibility index (Phi) is 12.6. The standard InChI is InChI=1S/C24H44N2O17/c25-4-2-1-3-24(23(39)40,20-17(36)14(33)11(30)8(5-27)41-20)26(21-18(37)15(34)12(31)9(6-28)42-21)22-19(38)16(35)13(32)10(7-29)43-22/h8-22,27-38H,1-7,25H2,(H,39,40)/t8-,9-,10-,11+,12+,13+,14+,15+,16+,17-,18-,19-,20?,21?,22?,24-/m1/s1. The van der Waals surface area contributed by atoms with Crippen LogP contribution in [0.3, 0.4) is 0 Å². The van der Waals surface area contributed by atoms with E-state index < -0.39 is 130 Å². The number of aliphatic hydroxyl groups is 12. The summed E-state index contributed by atoms with van der Waals surface area (Å²) < 4.78 is 17.0. The van der Waals surface area contributed by atoms with Crippen LogP contribution in [0.4, 0.5) is 0 Å². The number of hydrogen-bond acceptors (Lipinski definition) is 18. The van der Waals surface area contributed by atoms with Crippen molar-refractivity contribution in [1.82, 2.24) is 4.90 Å². The highest BCUT2D eigenvalue weighted by Crippen LogP contribution is 2.43. The van der Waals surface area contributed by atoms with Gasteiger partial charge in [0, 0.05) is 0 Å². The average molecular weight is 633 g/mol. The maximum atomic E-state index is 13.5. The van der Waals surface area contributed by atoms with Crippen molar-refractivity contribution in [2.75, 3.05) is 26.4 Å². The van der Waals surface area contributed by atoms with E-state index >= 15 is 0 Å². The Morgan fingerprint density at radius 1 is 0.605 bits per heavy atom. The van der Waals surface area contributed by atoms with Gasteiger partial charge in [0.25, 0.3) is 0 Å². The van der Waals surface area contributed by atoms with Gasteiger partial charge in [-0.05, 0) is 25.8 Å². The minimum absolute atomic E-state index is 0.0322. The van der Waals surface area contributed by atoms with Crippen LogP contribution >= 0.6 is 0 Å². The first kappa shape index (κ1) is 36.3. The molecule has 19 nitrogen and oxygen atoms in total. The quantitative estimate of drug-likeness (QED) is 0.0888. The fourth-order valence-electron chi connectivity index (χ4n) is 6.02. The Balaban J connectivity index is 2.33. The van der Waals surface area contributed by atoms with E-state index in [4.69, 9.17) is 19.9 Å². The van der Waals surface area contributed by atoms with Gasteiger partial charge in [-0.1, -0.05) is 0 Å². The van der Waals surface area contributed by atoms with E-state index in [1.54, 1.807) is 0 Å². The summed E-state index contributed by atoms with van der Waals surface area (Å²) in [7, 11) is 0. The van der Waals surface area contributed by atoms with Crippen LogP contribution in [0.25, 0.3) is 0 Å². The van der Waals surface area contributed by atoms with Crippen LogP contribution in [0, 0.1) is 0 Å². The molecule has 43 heavy (non-hydrogen) atoms. The number of ether oxygens (including phenoxy) is 3. The molecule has 0 aromatic carbocycles. The van der Waals surface area contributed by atoms with Gasteiger partial charge in [0.05, 0.1) is 19.8 Å². The number of carboxylic acids is 1. The number of rotatable bonds is 12. The lowest BCUT2D eigenvalue weighted by Gasteiger charge is -2.59. The molecule has 3 heterocycles. The van der Waals surface area contributed by atoms with Crippen molar-refractivity contribution in [3.63, 3.8) is 0 Å². The molecule has 0 radical (unpaired) electrons. The molecular formula is C24H44N2O17. The zero-order chi connectivity index (χ0) is 32.4. The van der Waals surface area contributed by atoms with Crippen molar-refractivity contribution in [2.45, 2.75) is 117 Å². The Morgan fingerprint density at radius 3 is 1.37 bits per heavy atom. The molecule has 0 bridgehead atoms. The van der Waals surface area contributed by atoms with E-state index in [1.165, 1.54) is 0 Å². The van der Waals surface area contributed by atoms with E-state index in [-0.39, 0.29) is 19.4 Å². The van der Waals surface area contributed by atoms with Gasteiger partial charge in [0.1, 0.15) is 91.8 Å². The molecule has 3 saturated heterocycles. The zero-order valence-electron chi connectivity index (χ0n) is 23.1. The summed E-state index contributed by atoms with van der Waals surface area (Å²) in [6, 6.07) is 0. The fraction of sp³-hybridized carbons (Fsp3) is 0.958. The number of unbranched alkanes of at least 4 members (excludes halogenated alkanes) is 1. The van der Waals surface area contributed by atoms with Crippen molar-refractivity contribution in [3.05, 3.63) is 0 Å². The summed E-state index contributed by atoms with van der Waals surface area (Å²) in [6.07, 6.45) is -30.9. The van der Waals surface area contributed by atoms with Crippen molar-refractivity contribution in [1.29, 1.82) is 0 Å². The van der Waals surface area contributed by atoms with Crippen LogP contribution in [-0.2, 0) is 19.0 Å². The predicted octanol–water partition coefficient (Wildman–Crippen LogP) is -8.32.